The fraction of sp³-hybridized carbons (Fsp3) is 0.333. The van der Waals surface area contributed by atoms with Gasteiger partial charge >= 0.3 is 0 Å². The number of nitrogens with one attached hydrogen (secondary N) is 2. The van der Waals surface area contributed by atoms with Gasteiger partial charge in [-0.3, -0.25) is 9.59 Å². The van der Waals surface area contributed by atoms with Crippen molar-refractivity contribution in [3.63, 3.8) is 0 Å². The standard InChI is InChI=1S/C27H23F2N5O3/c28-27(29)8-6-26(7-9-27,24(36)33-25(16-30)4-5-25)32-23(35)21-14-19-2-1-17(13-20(19)37-21)18-3-11-34-12-10-31-22(34)15-18/h1-3,10-15H,4-9H2,(H,32,35)(H,33,36). The fourth-order valence-electron chi connectivity index (χ4n) is 4.87. The number of pyridine rings is 1. The minimum absolute atomic E-state index is 0.0261. The molecule has 6 rings (SSSR count). The van der Waals surface area contributed by atoms with Crippen LogP contribution >= 0.6 is 0 Å². The minimum Gasteiger partial charge on any atom is -0.451 e. The molecule has 8 nitrogen and oxygen atoms in total. The van der Waals surface area contributed by atoms with Gasteiger partial charge in [0, 0.05) is 36.8 Å². The van der Waals surface area contributed by atoms with Gasteiger partial charge in [0.2, 0.25) is 11.8 Å². The maximum absolute atomic E-state index is 14.0. The lowest BCUT2D eigenvalue weighted by Gasteiger charge is -2.39. The molecule has 2 N–H and O–H groups in total. The summed E-state index contributed by atoms with van der Waals surface area (Å²) >= 11 is 0. The molecule has 188 valence electrons. The van der Waals surface area contributed by atoms with E-state index in [4.69, 9.17) is 4.42 Å². The van der Waals surface area contributed by atoms with Crippen molar-refractivity contribution in [3.05, 3.63) is 60.7 Å². The number of carbonyl (C=O) groups is 2. The van der Waals surface area contributed by atoms with Gasteiger partial charge in [-0.25, -0.2) is 13.8 Å². The number of hydrogen-bond acceptors (Lipinski definition) is 5. The van der Waals surface area contributed by atoms with Crippen molar-refractivity contribution in [1.29, 1.82) is 5.26 Å². The van der Waals surface area contributed by atoms with E-state index in [0.29, 0.717) is 23.8 Å². The summed E-state index contributed by atoms with van der Waals surface area (Å²) < 4.78 is 35.6. The Bertz CT molecular complexity index is 1580. The molecule has 4 aromatic rings. The maximum atomic E-state index is 14.0. The Labute approximate surface area is 210 Å². The molecule has 2 amide bonds. The largest absolute Gasteiger partial charge is 0.451 e. The molecule has 2 saturated carbocycles. The Morgan fingerprint density at radius 3 is 2.46 bits per heavy atom. The molecule has 10 heteroatoms. The van der Waals surface area contributed by atoms with E-state index in [1.807, 2.05) is 47.1 Å². The van der Waals surface area contributed by atoms with Crippen LogP contribution in [0.3, 0.4) is 0 Å². The van der Waals surface area contributed by atoms with Crippen LogP contribution in [-0.4, -0.2) is 38.2 Å². The van der Waals surface area contributed by atoms with Gasteiger partial charge in [0.05, 0.1) is 6.07 Å². The summed E-state index contributed by atoms with van der Waals surface area (Å²) in [4.78, 5) is 30.7. The van der Waals surface area contributed by atoms with E-state index >= 15 is 0 Å². The van der Waals surface area contributed by atoms with Crippen molar-refractivity contribution in [2.24, 2.45) is 0 Å². The van der Waals surface area contributed by atoms with Gasteiger partial charge in [-0.05, 0) is 61.1 Å². The molecule has 0 spiro atoms. The third-order valence-corrected chi connectivity index (χ3v) is 7.41. The second kappa shape index (κ2) is 8.13. The Hall–Kier alpha value is -4.26. The van der Waals surface area contributed by atoms with Crippen LogP contribution in [0.25, 0.3) is 27.7 Å². The van der Waals surface area contributed by atoms with Gasteiger partial charge in [0.25, 0.3) is 5.91 Å². The highest BCUT2D eigenvalue weighted by atomic mass is 19.3. The number of fused-ring (bicyclic) bond motifs is 2. The Kier molecular flexibility index (Phi) is 5.09. The molecule has 2 aliphatic carbocycles. The zero-order chi connectivity index (χ0) is 25.8. The molecule has 0 unspecified atom stereocenters. The summed E-state index contributed by atoms with van der Waals surface area (Å²) in [5.74, 6) is -4.21. The van der Waals surface area contributed by atoms with Gasteiger partial charge < -0.3 is 19.5 Å². The molecule has 0 saturated heterocycles. The summed E-state index contributed by atoms with van der Waals surface area (Å²) in [6.07, 6.45) is 4.91. The molecule has 0 aliphatic heterocycles. The lowest BCUT2D eigenvalue weighted by atomic mass is 9.78. The SMILES string of the molecule is N#CC1(NC(=O)C2(NC(=O)c3cc4ccc(-c5ccn6ccnc6c5)cc4o3)CCC(F)(F)CC2)CC1. The number of benzene rings is 1. The van der Waals surface area contributed by atoms with E-state index in [-0.39, 0.29) is 18.6 Å². The number of aromatic nitrogens is 2. The number of halogens is 2. The Balaban J connectivity index is 1.27. The summed E-state index contributed by atoms with van der Waals surface area (Å²) in [5, 5.41) is 15.4. The molecule has 2 fully saturated rings. The molecule has 0 atom stereocenters. The van der Waals surface area contributed by atoms with Crippen molar-refractivity contribution >= 4 is 28.4 Å². The molecule has 3 aromatic heterocycles. The summed E-state index contributed by atoms with van der Waals surface area (Å²) in [5.41, 5.74) is 0.534. The topological polar surface area (TPSA) is 112 Å². The third-order valence-electron chi connectivity index (χ3n) is 7.41. The lowest BCUT2D eigenvalue weighted by molar-refractivity contribution is -0.133. The second-order valence-corrected chi connectivity index (χ2v) is 10.0. The Morgan fingerprint density at radius 2 is 1.73 bits per heavy atom. The molecule has 2 aliphatic rings. The first kappa shape index (κ1) is 23.2. The predicted molar refractivity (Wildman–Crippen MR) is 130 cm³/mol. The van der Waals surface area contributed by atoms with Crippen LogP contribution in [0.4, 0.5) is 8.78 Å². The molecule has 0 bridgehead atoms. The average molecular weight is 504 g/mol. The van der Waals surface area contributed by atoms with Crippen molar-refractivity contribution in [1.82, 2.24) is 20.0 Å². The molecule has 1 aromatic carbocycles. The first-order valence-electron chi connectivity index (χ1n) is 12.1. The van der Waals surface area contributed by atoms with Gasteiger partial charge in [-0.2, -0.15) is 5.26 Å². The lowest BCUT2D eigenvalue weighted by Crippen LogP contribution is -2.62. The van der Waals surface area contributed by atoms with Crippen LogP contribution in [0, 0.1) is 11.3 Å². The van der Waals surface area contributed by atoms with Gasteiger partial charge in [0.1, 0.15) is 22.3 Å². The molecule has 3 heterocycles. The number of amides is 2. The van der Waals surface area contributed by atoms with Crippen LogP contribution in [0.15, 0.2) is 59.4 Å². The first-order chi connectivity index (χ1) is 17.7. The number of rotatable bonds is 5. The third kappa shape index (κ3) is 4.20. The minimum atomic E-state index is -2.91. The van der Waals surface area contributed by atoms with Crippen molar-refractivity contribution in [2.75, 3.05) is 0 Å². The van der Waals surface area contributed by atoms with Gasteiger partial charge in [0.15, 0.2) is 5.76 Å². The fourth-order valence-corrected chi connectivity index (χ4v) is 4.87. The summed E-state index contributed by atoms with van der Waals surface area (Å²) in [6, 6.07) is 13.1. The van der Waals surface area contributed by atoms with Crippen LogP contribution in [0.5, 0.6) is 0 Å². The van der Waals surface area contributed by atoms with Crippen molar-refractivity contribution < 1.29 is 22.8 Å². The van der Waals surface area contributed by atoms with Crippen molar-refractivity contribution in [2.45, 2.75) is 55.5 Å². The molecule has 37 heavy (non-hydrogen) atoms. The van der Waals surface area contributed by atoms with Crippen LogP contribution in [-0.2, 0) is 4.79 Å². The smallest absolute Gasteiger partial charge is 0.287 e. The van der Waals surface area contributed by atoms with Crippen LogP contribution in [0.2, 0.25) is 0 Å². The number of alkyl halides is 2. The number of furan rings is 1. The molecular formula is C27H23F2N5O3. The van der Waals surface area contributed by atoms with E-state index in [0.717, 1.165) is 16.8 Å². The van der Waals surface area contributed by atoms with E-state index in [2.05, 4.69) is 21.7 Å². The van der Waals surface area contributed by atoms with Crippen LogP contribution in [0.1, 0.15) is 49.1 Å². The van der Waals surface area contributed by atoms with Crippen LogP contribution < -0.4 is 10.6 Å². The maximum Gasteiger partial charge on any atom is 0.287 e. The number of nitriles is 1. The first-order valence-corrected chi connectivity index (χ1v) is 12.1. The molecule has 0 radical (unpaired) electrons. The Morgan fingerprint density at radius 1 is 0.973 bits per heavy atom. The quantitative estimate of drug-likeness (QED) is 0.414. The molecular weight excluding hydrogens is 480 g/mol. The monoisotopic (exact) mass is 503 g/mol. The van der Waals surface area contributed by atoms with Gasteiger partial charge in [-0.1, -0.05) is 12.1 Å². The second-order valence-electron chi connectivity index (χ2n) is 10.0. The normalized spacial score (nSPS) is 19.3. The highest BCUT2D eigenvalue weighted by Crippen LogP contribution is 2.41. The number of nitrogens with zero attached hydrogens (tertiary/aromatic N) is 3. The number of imidazole rings is 1. The zero-order valence-corrected chi connectivity index (χ0v) is 19.8. The van der Waals surface area contributed by atoms with Crippen molar-refractivity contribution in [3.8, 4) is 17.2 Å². The highest BCUT2D eigenvalue weighted by molar-refractivity contribution is 6.01. The zero-order valence-electron chi connectivity index (χ0n) is 19.8. The highest BCUT2D eigenvalue weighted by Gasteiger charge is 2.53. The van der Waals surface area contributed by atoms with E-state index in [1.54, 1.807) is 12.3 Å². The summed E-state index contributed by atoms with van der Waals surface area (Å²) in [7, 11) is 0. The number of carbonyl (C=O) groups excluding carboxylic acids is 2. The van der Waals surface area contributed by atoms with Gasteiger partial charge in [-0.15, -0.1) is 0 Å². The van der Waals surface area contributed by atoms with E-state index in [1.165, 1.54) is 0 Å². The number of hydrogen-bond donors (Lipinski definition) is 2. The average Bonchev–Trinajstić information content (AvgIpc) is 3.29. The van der Waals surface area contributed by atoms with E-state index in [9.17, 15) is 23.6 Å². The summed E-state index contributed by atoms with van der Waals surface area (Å²) in [6.45, 7) is 0. The predicted octanol–water partition coefficient (Wildman–Crippen LogP) is 4.60. The van der Waals surface area contributed by atoms with E-state index < -0.39 is 41.7 Å².